The van der Waals surface area contributed by atoms with E-state index in [2.05, 4.69) is 13.8 Å². The van der Waals surface area contributed by atoms with Crippen LogP contribution >= 0.6 is 11.3 Å². The van der Waals surface area contributed by atoms with Crippen molar-refractivity contribution in [2.45, 2.75) is 103 Å². The number of carbonyl (C=O) groups is 2. The van der Waals surface area contributed by atoms with E-state index < -0.39 is 18.2 Å². The number of amides is 1. The van der Waals surface area contributed by atoms with Gasteiger partial charge in [0.2, 0.25) is 5.91 Å². The number of unbranched alkanes of at least 4 members (excludes halogenated alkanes) is 3. The number of ether oxygens (including phenoxy) is 1. The van der Waals surface area contributed by atoms with Crippen LogP contribution in [0.25, 0.3) is 0 Å². The van der Waals surface area contributed by atoms with Crippen LogP contribution in [0.3, 0.4) is 0 Å². The molecule has 1 aromatic heterocycles. The van der Waals surface area contributed by atoms with Gasteiger partial charge in [-0.2, -0.15) is 0 Å². The van der Waals surface area contributed by atoms with Crippen LogP contribution in [0.2, 0.25) is 0 Å². The van der Waals surface area contributed by atoms with Gasteiger partial charge in [-0.05, 0) is 61.9 Å². The van der Waals surface area contributed by atoms with Crippen molar-refractivity contribution in [3.8, 4) is 0 Å². The summed E-state index contributed by atoms with van der Waals surface area (Å²) in [6.07, 6.45) is 6.90. The van der Waals surface area contributed by atoms with Gasteiger partial charge < -0.3 is 30.1 Å². The molecule has 2 aromatic rings. The Balaban J connectivity index is 0.000000281. The van der Waals surface area contributed by atoms with E-state index in [9.17, 15) is 24.9 Å². The summed E-state index contributed by atoms with van der Waals surface area (Å²) in [6, 6.07) is 11.5. The Labute approximate surface area is 242 Å². The van der Waals surface area contributed by atoms with Crippen LogP contribution < -0.4 is 4.90 Å². The second kappa shape index (κ2) is 18.9. The first-order chi connectivity index (χ1) is 19.3. The number of benzene rings is 1. The molecule has 0 spiro atoms. The molecule has 9 heteroatoms. The van der Waals surface area contributed by atoms with E-state index in [1.165, 1.54) is 22.6 Å². The monoisotopic (exact) mass is 577 g/mol. The van der Waals surface area contributed by atoms with E-state index in [-0.39, 0.29) is 38.1 Å². The lowest BCUT2D eigenvalue weighted by atomic mass is 10.0. The van der Waals surface area contributed by atoms with Crippen LogP contribution in [0.4, 0.5) is 5.69 Å². The van der Waals surface area contributed by atoms with Crippen molar-refractivity contribution in [2.75, 3.05) is 24.7 Å². The van der Waals surface area contributed by atoms with Crippen molar-refractivity contribution in [1.29, 1.82) is 0 Å². The standard InChI is InChI=1S/C16H23NO2.C15H24O5S/c1-2-3-4-6-15(18)13-8-10-14(11-9-13)17-12-5-7-16(17)19;1-2-3-4-11-5-6-14(21-11)15(19)20-10-8-13(18)12(17)7-9-16/h8-11,15,18H,2-7,12H2,1H3;5-6,12-13,16-18H,2-4,7-10H2,1H3/t15-;/m0./s1. The van der Waals surface area contributed by atoms with E-state index >= 15 is 0 Å². The fourth-order valence-corrected chi connectivity index (χ4v) is 5.33. The first kappa shape index (κ1) is 33.9. The highest BCUT2D eigenvalue weighted by molar-refractivity contribution is 7.13. The maximum absolute atomic E-state index is 11.8. The zero-order valence-corrected chi connectivity index (χ0v) is 24.8. The van der Waals surface area contributed by atoms with Crippen molar-refractivity contribution in [2.24, 2.45) is 0 Å². The molecule has 1 aromatic carbocycles. The Morgan fingerprint density at radius 1 is 0.950 bits per heavy atom. The SMILES string of the molecule is CCCCC[C@H](O)c1ccc(N2CCCC2=O)cc1.CCCCc1ccc(C(=O)OCCC(O)C(O)CCO)s1. The van der Waals surface area contributed by atoms with E-state index in [1.54, 1.807) is 6.07 Å². The number of nitrogens with zero attached hydrogens (tertiary/aromatic N) is 1. The van der Waals surface area contributed by atoms with Gasteiger partial charge in [0, 0.05) is 36.6 Å². The number of hydrogen-bond acceptors (Lipinski definition) is 8. The average Bonchev–Trinajstić information content (AvgIpc) is 3.61. The molecule has 4 N–H and O–H groups in total. The van der Waals surface area contributed by atoms with Gasteiger partial charge in [0.25, 0.3) is 0 Å². The molecular formula is C31H47NO7S. The Hall–Kier alpha value is -2.30. The third kappa shape index (κ3) is 11.7. The third-order valence-electron chi connectivity index (χ3n) is 6.90. The van der Waals surface area contributed by atoms with Gasteiger partial charge in [-0.25, -0.2) is 4.79 Å². The Bertz CT molecular complexity index is 994. The molecule has 3 atom stereocenters. The summed E-state index contributed by atoms with van der Waals surface area (Å²) in [6.45, 7) is 4.96. The topological polar surface area (TPSA) is 128 Å². The van der Waals surface area contributed by atoms with Crippen LogP contribution in [-0.2, 0) is 16.0 Å². The molecule has 3 rings (SSSR count). The Morgan fingerprint density at radius 3 is 2.27 bits per heavy atom. The fourth-order valence-electron chi connectivity index (χ4n) is 4.39. The zero-order valence-electron chi connectivity index (χ0n) is 24.0. The van der Waals surface area contributed by atoms with Crippen LogP contribution in [0, 0.1) is 0 Å². The number of rotatable bonds is 16. The van der Waals surface area contributed by atoms with Crippen LogP contribution in [0.5, 0.6) is 0 Å². The normalized spacial score (nSPS) is 15.3. The molecule has 1 aliphatic rings. The lowest BCUT2D eigenvalue weighted by molar-refractivity contribution is -0.117. The Morgan fingerprint density at radius 2 is 1.65 bits per heavy atom. The first-order valence-electron chi connectivity index (χ1n) is 14.6. The molecule has 224 valence electrons. The largest absolute Gasteiger partial charge is 0.461 e. The maximum atomic E-state index is 11.8. The van der Waals surface area contributed by atoms with Gasteiger partial charge >= 0.3 is 5.97 Å². The van der Waals surface area contributed by atoms with Gasteiger partial charge in [0.15, 0.2) is 0 Å². The molecule has 2 heterocycles. The molecule has 8 nitrogen and oxygen atoms in total. The molecular weight excluding hydrogens is 530 g/mol. The molecule has 0 aliphatic carbocycles. The number of esters is 1. The van der Waals surface area contributed by atoms with Gasteiger partial charge in [0.1, 0.15) is 4.88 Å². The van der Waals surface area contributed by atoms with Crippen molar-refractivity contribution in [3.05, 3.63) is 51.7 Å². The summed E-state index contributed by atoms with van der Waals surface area (Å²) in [5.74, 6) is -0.192. The van der Waals surface area contributed by atoms with Crippen molar-refractivity contribution >= 4 is 28.9 Å². The molecule has 1 fully saturated rings. The lowest BCUT2D eigenvalue weighted by Gasteiger charge is -2.17. The second-order valence-corrected chi connectivity index (χ2v) is 11.4. The number of aryl methyl sites for hydroxylation is 1. The lowest BCUT2D eigenvalue weighted by Crippen LogP contribution is -2.28. The molecule has 1 saturated heterocycles. The van der Waals surface area contributed by atoms with Crippen molar-refractivity contribution in [1.82, 2.24) is 0 Å². The fraction of sp³-hybridized carbons (Fsp3) is 0.613. The van der Waals surface area contributed by atoms with Crippen molar-refractivity contribution in [3.63, 3.8) is 0 Å². The molecule has 0 radical (unpaired) electrons. The number of aliphatic hydroxyl groups excluding tert-OH is 4. The Kier molecular flexibility index (Phi) is 16.1. The maximum Gasteiger partial charge on any atom is 0.348 e. The van der Waals surface area contributed by atoms with Crippen LogP contribution in [0.1, 0.15) is 104 Å². The molecule has 1 aliphatic heterocycles. The van der Waals surface area contributed by atoms with Gasteiger partial charge in [0.05, 0.1) is 24.9 Å². The number of carbonyl (C=O) groups excluding carboxylic acids is 2. The third-order valence-corrected chi connectivity index (χ3v) is 8.02. The number of aliphatic hydroxyl groups is 4. The van der Waals surface area contributed by atoms with Gasteiger partial charge in [-0.3, -0.25) is 4.79 Å². The van der Waals surface area contributed by atoms with Crippen LogP contribution in [-0.4, -0.2) is 64.3 Å². The molecule has 0 saturated carbocycles. The summed E-state index contributed by atoms with van der Waals surface area (Å²) in [7, 11) is 0. The zero-order chi connectivity index (χ0) is 29.3. The van der Waals surface area contributed by atoms with Crippen LogP contribution in [0.15, 0.2) is 36.4 Å². The first-order valence-corrected chi connectivity index (χ1v) is 15.4. The van der Waals surface area contributed by atoms with E-state index in [4.69, 9.17) is 9.84 Å². The second-order valence-electron chi connectivity index (χ2n) is 10.2. The summed E-state index contributed by atoms with van der Waals surface area (Å²) in [4.78, 5) is 27.0. The minimum absolute atomic E-state index is 0.0463. The highest BCUT2D eigenvalue weighted by Crippen LogP contribution is 2.25. The molecule has 2 unspecified atom stereocenters. The summed E-state index contributed by atoms with van der Waals surface area (Å²) >= 11 is 1.43. The van der Waals surface area contributed by atoms with Gasteiger partial charge in [-0.15, -0.1) is 11.3 Å². The quantitative estimate of drug-likeness (QED) is 0.160. The smallest absolute Gasteiger partial charge is 0.348 e. The predicted octanol–water partition coefficient (Wildman–Crippen LogP) is 5.17. The predicted molar refractivity (Wildman–Crippen MR) is 159 cm³/mol. The van der Waals surface area contributed by atoms with E-state index in [0.29, 0.717) is 11.3 Å². The van der Waals surface area contributed by atoms with E-state index in [1.807, 2.05) is 35.2 Å². The molecule has 0 bridgehead atoms. The van der Waals surface area contributed by atoms with Gasteiger partial charge in [-0.1, -0.05) is 51.7 Å². The number of anilines is 1. The summed E-state index contributed by atoms with van der Waals surface area (Å²) in [5.41, 5.74) is 1.90. The minimum Gasteiger partial charge on any atom is -0.461 e. The number of hydrogen-bond donors (Lipinski definition) is 4. The van der Waals surface area contributed by atoms with Crippen molar-refractivity contribution < 1.29 is 34.8 Å². The molecule has 40 heavy (non-hydrogen) atoms. The van der Waals surface area contributed by atoms with E-state index in [0.717, 1.165) is 62.7 Å². The molecule has 1 amide bonds. The summed E-state index contributed by atoms with van der Waals surface area (Å²) in [5, 5.41) is 37.8. The minimum atomic E-state index is -0.992. The average molecular weight is 578 g/mol. The highest BCUT2D eigenvalue weighted by atomic mass is 32.1. The number of thiophene rings is 1. The highest BCUT2D eigenvalue weighted by Gasteiger charge is 2.21. The summed E-state index contributed by atoms with van der Waals surface area (Å²) < 4.78 is 5.08.